The second-order valence-electron chi connectivity index (χ2n) is 5.79. The fourth-order valence-corrected chi connectivity index (χ4v) is 2.63. The van der Waals surface area contributed by atoms with Gasteiger partial charge in [0.05, 0.1) is 0 Å². The molecule has 3 heteroatoms. The van der Waals surface area contributed by atoms with Crippen LogP contribution in [0.2, 0.25) is 0 Å². The molecule has 3 rings (SSSR count). The fourth-order valence-electron chi connectivity index (χ4n) is 2.63. The van der Waals surface area contributed by atoms with Gasteiger partial charge < -0.3 is 10.1 Å². The van der Waals surface area contributed by atoms with Crippen LogP contribution in [0.4, 0.5) is 0 Å². The monoisotopic (exact) mass is 211 g/mol. The van der Waals surface area contributed by atoms with E-state index in [4.69, 9.17) is 4.74 Å². The van der Waals surface area contributed by atoms with Gasteiger partial charge in [-0.05, 0) is 52.4 Å². The van der Waals surface area contributed by atoms with Crippen molar-refractivity contribution < 1.29 is 9.53 Å². The van der Waals surface area contributed by atoms with Crippen molar-refractivity contribution in [1.82, 2.24) is 5.32 Å². The molecule has 0 radical (unpaired) electrons. The molecule has 1 N–H and O–H groups in total. The molecule has 3 aliphatic rings. The molecule has 0 aromatic carbocycles. The molecule has 1 atom stereocenters. The van der Waals surface area contributed by atoms with Crippen molar-refractivity contribution in [2.45, 2.75) is 64.1 Å². The molecule has 2 bridgehead atoms. The number of nitrogens with one attached hydrogen (secondary N) is 1. The second-order valence-corrected chi connectivity index (χ2v) is 5.79. The summed E-state index contributed by atoms with van der Waals surface area (Å²) < 4.78 is 5.43. The van der Waals surface area contributed by atoms with Gasteiger partial charge in [-0.1, -0.05) is 0 Å². The number of rotatable bonds is 1. The number of carbonyl (C=O) groups excluding carboxylic acids is 1. The van der Waals surface area contributed by atoms with Gasteiger partial charge in [0.2, 0.25) is 0 Å². The number of fused-ring (bicyclic) bond motifs is 3. The van der Waals surface area contributed by atoms with Gasteiger partial charge in [-0.25, -0.2) is 0 Å². The van der Waals surface area contributed by atoms with Gasteiger partial charge in [0, 0.05) is 6.04 Å². The lowest BCUT2D eigenvalue weighted by Gasteiger charge is -2.42. The van der Waals surface area contributed by atoms with E-state index in [9.17, 15) is 4.79 Å². The summed E-state index contributed by atoms with van der Waals surface area (Å²) in [5.41, 5.74) is -0.366. The maximum atomic E-state index is 11.9. The van der Waals surface area contributed by atoms with E-state index in [0.717, 1.165) is 0 Å². The highest BCUT2D eigenvalue weighted by Crippen LogP contribution is 2.33. The largest absolute Gasteiger partial charge is 0.459 e. The lowest BCUT2D eigenvalue weighted by atomic mass is 9.76. The van der Waals surface area contributed by atoms with Crippen LogP contribution in [0.25, 0.3) is 0 Å². The first kappa shape index (κ1) is 10.9. The molecule has 0 unspecified atom stereocenters. The van der Waals surface area contributed by atoms with E-state index in [1.807, 2.05) is 20.8 Å². The molecule has 0 aromatic heterocycles. The van der Waals surface area contributed by atoms with Crippen LogP contribution in [0.15, 0.2) is 0 Å². The topological polar surface area (TPSA) is 38.3 Å². The lowest BCUT2D eigenvalue weighted by Crippen LogP contribution is -2.57. The summed E-state index contributed by atoms with van der Waals surface area (Å²) in [7, 11) is 0. The van der Waals surface area contributed by atoms with Crippen molar-refractivity contribution in [3.63, 3.8) is 0 Å². The lowest BCUT2D eigenvalue weighted by molar-refractivity contribution is -0.161. The zero-order chi connectivity index (χ0) is 11.1. The van der Waals surface area contributed by atoms with Gasteiger partial charge in [0.25, 0.3) is 0 Å². The molecule has 15 heavy (non-hydrogen) atoms. The van der Waals surface area contributed by atoms with Gasteiger partial charge in [-0.2, -0.15) is 0 Å². The van der Waals surface area contributed by atoms with Crippen LogP contribution in [0, 0.1) is 5.92 Å². The number of carbonyl (C=O) groups is 1. The average Bonchev–Trinajstić information content (AvgIpc) is 2.17. The van der Waals surface area contributed by atoms with Crippen molar-refractivity contribution in [3.8, 4) is 0 Å². The number of hydrogen-bond acceptors (Lipinski definition) is 3. The summed E-state index contributed by atoms with van der Waals surface area (Å²) in [5, 5.41) is 3.40. The molecule has 1 aliphatic carbocycles. The molecule has 2 saturated heterocycles. The van der Waals surface area contributed by atoms with Gasteiger partial charge in [-0.15, -0.1) is 0 Å². The van der Waals surface area contributed by atoms with Crippen molar-refractivity contribution in [2.75, 3.05) is 0 Å². The van der Waals surface area contributed by atoms with E-state index in [-0.39, 0.29) is 17.6 Å². The maximum absolute atomic E-state index is 11.9. The number of esters is 1. The molecule has 2 aliphatic heterocycles. The molecule has 2 heterocycles. The molecule has 0 aromatic rings. The fraction of sp³-hybridized carbons (Fsp3) is 0.917. The Kier molecular flexibility index (Phi) is 2.75. The Balaban J connectivity index is 1.96. The predicted molar refractivity (Wildman–Crippen MR) is 58.5 cm³/mol. The normalized spacial score (nSPS) is 35.3. The molecule has 1 saturated carbocycles. The number of ether oxygens (including phenoxy) is 1. The minimum Gasteiger partial charge on any atom is -0.459 e. The quantitative estimate of drug-likeness (QED) is 0.673. The molecule has 3 nitrogen and oxygen atoms in total. The Morgan fingerprint density at radius 1 is 1.20 bits per heavy atom. The Bertz CT molecular complexity index is 249. The predicted octanol–water partition coefficient (Wildman–Crippen LogP) is 1.86. The molecule has 3 fully saturated rings. The van der Waals surface area contributed by atoms with Crippen LogP contribution >= 0.6 is 0 Å². The van der Waals surface area contributed by atoms with Gasteiger partial charge >= 0.3 is 5.97 Å². The first-order chi connectivity index (χ1) is 6.96. The number of piperidine rings is 2. The van der Waals surface area contributed by atoms with Crippen molar-refractivity contribution in [1.29, 1.82) is 0 Å². The second kappa shape index (κ2) is 3.78. The molecule has 0 spiro atoms. The summed E-state index contributed by atoms with van der Waals surface area (Å²) in [6.45, 7) is 5.77. The van der Waals surface area contributed by atoms with Gasteiger partial charge in [-0.3, -0.25) is 4.79 Å². The van der Waals surface area contributed by atoms with Gasteiger partial charge in [0.1, 0.15) is 11.6 Å². The Morgan fingerprint density at radius 3 is 2.20 bits per heavy atom. The average molecular weight is 211 g/mol. The van der Waals surface area contributed by atoms with E-state index in [0.29, 0.717) is 12.0 Å². The van der Waals surface area contributed by atoms with E-state index < -0.39 is 0 Å². The van der Waals surface area contributed by atoms with Crippen molar-refractivity contribution >= 4 is 5.97 Å². The smallest absolute Gasteiger partial charge is 0.323 e. The SMILES string of the molecule is CC(C)(C)OC(=O)[C@H]1NC2CCC1CC2. The summed E-state index contributed by atoms with van der Waals surface area (Å²) in [6, 6.07) is 0.504. The summed E-state index contributed by atoms with van der Waals surface area (Å²) in [6.07, 6.45) is 4.82. The highest BCUT2D eigenvalue weighted by molar-refractivity contribution is 5.77. The first-order valence-corrected chi connectivity index (χ1v) is 5.94. The zero-order valence-electron chi connectivity index (χ0n) is 9.88. The zero-order valence-corrected chi connectivity index (χ0v) is 9.88. The molecular weight excluding hydrogens is 190 g/mol. The Labute approximate surface area is 91.6 Å². The van der Waals surface area contributed by atoms with Crippen molar-refractivity contribution in [3.05, 3.63) is 0 Å². The highest BCUT2D eigenvalue weighted by Gasteiger charge is 2.40. The van der Waals surface area contributed by atoms with Crippen LogP contribution in [-0.4, -0.2) is 23.7 Å². The summed E-state index contributed by atoms with van der Waals surface area (Å²) in [5.74, 6) is 0.446. The third-order valence-electron chi connectivity index (χ3n) is 3.32. The molecular formula is C12H21NO2. The van der Waals surface area contributed by atoms with Crippen molar-refractivity contribution in [2.24, 2.45) is 5.92 Å². The van der Waals surface area contributed by atoms with Crippen LogP contribution in [-0.2, 0) is 9.53 Å². The Hall–Kier alpha value is -0.570. The van der Waals surface area contributed by atoms with Crippen LogP contribution < -0.4 is 5.32 Å². The molecule has 0 amide bonds. The number of hydrogen-bond donors (Lipinski definition) is 1. The van der Waals surface area contributed by atoms with Crippen LogP contribution in [0.1, 0.15) is 46.5 Å². The minimum atomic E-state index is -0.366. The summed E-state index contributed by atoms with van der Waals surface area (Å²) >= 11 is 0. The standard InChI is InChI=1S/C12H21NO2/c1-12(2,3)15-11(14)10-8-4-6-9(13-10)7-5-8/h8-10,13H,4-7H2,1-3H3/t8?,9?,10-/m0/s1. The maximum Gasteiger partial charge on any atom is 0.323 e. The first-order valence-electron chi connectivity index (χ1n) is 5.94. The van der Waals surface area contributed by atoms with E-state index in [2.05, 4.69) is 5.32 Å². The Morgan fingerprint density at radius 2 is 1.80 bits per heavy atom. The van der Waals surface area contributed by atoms with E-state index >= 15 is 0 Å². The van der Waals surface area contributed by atoms with Gasteiger partial charge in [0.15, 0.2) is 0 Å². The van der Waals surface area contributed by atoms with Crippen LogP contribution in [0.5, 0.6) is 0 Å². The summed E-state index contributed by atoms with van der Waals surface area (Å²) in [4.78, 5) is 11.9. The van der Waals surface area contributed by atoms with E-state index in [1.54, 1.807) is 0 Å². The third kappa shape index (κ3) is 2.51. The van der Waals surface area contributed by atoms with Crippen LogP contribution in [0.3, 0.4) is 0 Å². The molecule has 86 valence electrons. The van der Waals surface area contributed by atoms with E-state index in [1.165, 1.54) is 25.7 Å². The minimum absolute atomic E-state index is 0.0447. The third-order valence-corrected chi connectivity index (χ3v) is 3.32. The highest BCUT2D eigenvalue weighted by atomic mass is 16.6.